The zero-order valence-electron chi connectivity index (χ0n) is 19.0. The van der Waals surface area contributed by atoms with Crippen LogP contribution in [-0.4, -0.2) is 56.4 Å². The van der Waals surface area contributed by atoms with Gasteiger partial charge in [-0.25, -0.2) is 9.67 Å². The van der Waals surface area contributed by atoms with Crippen LogP contribution in [0.4, 0.5) is 5.95 Å². The number of nitrogens with one attached hydrogen (secondary N) is 2. The number of ether oxygens (including phenoxy) is 1. The fourth-order valence-electron chi connectivity index (χ4n) is 4.50. The molecule has 0 radical (unpaired) electrons. The third-order valence-corrected chi connectivity index (χ3v) is 6.74. The Morgan fingerprint density at radius 1 is 1.29 bits per heavy atom. The molecule has 4 aromatic rings. The lowest BCUT2D eigenvalue weighted by Crippen LogP contribution is -2.39. The molecule has 3 aromatic heterocycles. The summed E-state index contributed by atoms with van der Waals surface area (Å²) >= 11 is 3.53. The van der Waals surface area contributed by atoms with Crippen LogP contribution in [0.3, 0.4) is 0 Å². The van der Waals surface area contributed by atoms with Crippen molar-refractivity contribution >= 4 is 49.7 Å². The Morgan fingerprint density at radius 3 is 3.03 bits per heavy atom. The fourth-order valence-corrected chi connectivity index (χ4v) is 4.94. The van der Waals surface area contributed by atoms with E-state index in [0.29, 0.717) is 22.8 Å². The van der Waals surface area contributed by atoms with Crippen molar-refractivity contribution in [2.75, 3.05) is 19.0 Å². The van der Waals surface area contributed by atoms with Crippen LogP contribution in [0.2, 0.25) is 0 Å². The quantitative estimate of drug-likeness (QED) is 0.378. The molecular weight excluding hydrogens is 498 g/mol. The number of methoxy groups -OCH3 is 1. The Kier molecular flexibility index (Phi) is 6.42. The van der Waals surface area contributed by atoms with E-state index in [9.17, 15) is 4.79 Å². The normalized spacial score (nSPS) is 18.9. The number of carbonyl (C=O) groups excluding carboxylic acids is 1. The first-order chi connectivity index (χ1) is 16.5. The number of hydrogen-bond acceptors (Lipinski definition) is 7. The standard InChI is InChI=1S/C24H26BrN7O2/c1-14(13-34-2)28-23(33)16-5-6-17(10-16)29-24-27-12-19-21(25)31-32(22(19)30-24)18-7-8-20-15(11-18)4-3-9-26-20/h3-4,7-9,11-12,14,16-17H,5-6,10,13H2,1-2H3,(H,28,33)(H,27,29,30)/t14?,16-,17-/m1/s1. The van der Waals surface area contributed by atoms with Gasteiger partial charge in [-0.1, -0.05) is 6.07 Å². The summed E-state index contributed by atoms with van der Waals surface area (Å²) in [6.45, 7) is 2.45. The van der Waals surface area contributed by atoms with Crippen molar-refractivity contribution in [1.29, 1.82) is 0 Å². The van der Waals surface area contributed by atoms with Crippen LogP contribution in [-0.2, 0) is 9.53 Å². The molecule has 0 bridgehead atoms. The lowest BCUT2D eigenvalue weighted by Gasteiger charge is -2.17. The summed E-state index contributed by atoms with van der Waals surface area (Å²) in [6.07, 6.45) is 6.02. The molecule has 1 fully saturated rings. The molecule has 3 heterocycles. The van der Waals surface area contributed by atoms with E-state index in [1.54, 1.807) is 24.2 Å². The molecule has 1 amide bonds. The van der Waals surface area contributed by atoms with Crippen LogP contribution >= 0.6 is 15.9 Å². The number of hydrogen-bond donors (Lipinski definition) is 2. The van der Waals surface area contributed by atoms with E-state index in [1.165, 1.54) is 0 Å². The minimum Gasteiger partial charge on any atom is -0.383 e. The van der Waals surface area contributed by atoms with Crippen molar-refractivity contribution < 1.29 is 9.53 Å². The lowest BCUT2D eigenvalue weighted by molar-refractivity contribution is -0.125. The number of aromatic nitrogens is 5. The molecule has 1 aromatic carbocycles. The largest absolute Gasteiger partial charge is 0.383 e. The average Bonchev–Trinajstić information content (AvgIpc) is 3.43. The van der Waals surface area contributed by atoms with Crippen molar-refractivity contribution in [3.05, 3.63) is 47.3 Å². The molecule has 1 unspecified atom stereocenters. The van der Waals surface area contributed by atoms with E-state index in [-0.39, 0.29) is 23.9 Å². The minimum atomic E-state index is -0.0218. The van der Waals surface area contributed by atoms with Crippen molar-refractivity contribution in [2.24, 2.45) is 5.92 Å². The zero-order valence-corrected chi connectivity index (χ0v) is 20.6. The number of carbonyl (C=O) groups is 1. The van der Waals surface area contributed by atoms with Crippen molar-refractivity contribution in [3.63, 3.8) is 0 Å². The predicted molar refractivity (Wildman–Crippen MR) is 134 cm³/mol. The van der Waals surface area contributed by atoms with Gasteiger partial charge in [0, 0.05) is 42.9 Å². The third kappa shape index (κ3) is 4.60. The van der Waals surface area contributed by atoms with Crippen molar-refractivity contribution in [2.45, 2.75) is 38.3 Å². The summed E-state index contributed by atoms with van der Waals surface area (Å²) in [5.41, 5.74) is 2.52. The van der Waals surface area contributed by atoms with Gasteiger partial charge in [-0.2, -0.15) is 10.1 Å². The Bertz CT molecular complexity index is 1340. The molecule has 3 atom stereocenters. The first kappa shape index (κ1) is 22.7. The molecule has 176 valence electrons. The zero-order chi connectivity index (χ0) is 23.7. The van der Waals surface area contributed by atoms with E-state index in [0.717, 1.165) is 41.2 Å². The van der Waals surface area contributed by atoms with Crippen LogP contribution in [0.25, 0.3) is 27.6 Å². The van der Waals surface area contributed by atoms with Gasteiger partial charge in [0.05, 0.1) is 23.2 Å². The molecule has 0 spiro atoms. The highest BCUT2D eigenvalue weighted by atomic mass is 79.9. The van der Waals surface area contributed by atoms with E-state index in [1.807, 2.05) is 37.3 Å². The van der Waals surface area contributed by atoms with Crippen molar-refractivity contribution in [1.82, 2.24) is 30.0 Å². The smallest absolute Gasteiger partial charge is 0.224 e. The maximum atomic E-state index is 12.6. The molecule has 1 aliphatic rings. The van der Waals surface area contributed by atoms with E-state index in [4.69, 9.17) is 9.72 Å². The SMILES string of the molecule is COCC(C)NC(=O)[C@@H]1CC[C@@H](Nc2ncc3c(Br)nn(-c4ccc5ncccc5c4)c3n2)C1. The first-order valence-corrected chi connectivity index (χ1v) is 12.1. The van der Waals surface area contributed by atoms with Gasteiger partial charge in [-0.15, -0.1) is 0 Å². The Balaban J connectivity index is 1.35. The van der Waals surface area contributed by atoms with Gasteiger partial charge >= 0.3 is 0 Å². The lowest BCUT2D eigenvalue weighted by atomic mass is 10.1. The highest BCUT2D eigenvalue weighted by molar-refractivity contribution is 9.10. The molecular formula is C24H26BrN7O2. The summed E-state index contributed by atoms with van der Waals surface area (Å²) in [6, 6.07) is 10.1. The number of halogens is 1. The van der Waals surface area contributed by atoms with Crippen LogP contribution in [0.15, 0.2) is 47.3 Å². The Labute approximate surface area is 205 Å². The monoisotopic (exact) mass is 523 g/mol. The predicted octanol–water partition coefficient (Wildman–Crippen LogP) is 3.86. The number of amides is 1. The fraction of sp³-hybridized carbons (Fsp3) is 0.375. The van der Waals surface area contributed by atoms with Gasteiger partial charge in [-0.05, 0) is 66.4 Å². The second-order valence-electron chi connectivity index (χ2n) is 8.73. The summed E-state index contributed by atoms with van der Waals surface area (Å²) < 4.78 is 7.60. The Hall–Kier alpha value is -3.11. The maximum Gasteiger partial charge on any atom is 0.224 e. The molecule has 1 saturated carbocycles. The van der Waals surface area contributed by atoms with Gasteiger partial charge in [0.1, 0.15) is 4.60 Å². The molecule has 9 nitrogen and oxygen atoms in total. The number of pyridine rings is 1. The van der Waals surface area contributed by atoms with Gasteiger partial charge in [0.2, 0.25) is 11.9 Å². The number of nitrogens with zero attached hydrogens (tertiary/aromatic N) is 5. The molecule has 1 aliphatic carbocycles. The summed E-state index contributed by atoms with van der Waals surface area (Å²) in [5, 5.41) is 12.9. The first-order valence-electron chi connectivity index (χ1n) is 11.3. The van der Waals surface area contributed by atoms with E-state index < -0.39 is 0 Å². The van der Waals surface area contributed by atoms with Gasteiger partial charge in [0.25, 0.3) is 0 Å². The summed E-state index contributed by atoms with van der Waals surface area (Å²) in [7, 11) is 1.64. The topological polar surface area (TPSA) is 107 Å². The molecule has 0 saturated heterocycles. The molecule has 10 heteroatoms. The highest BCUT2D eigenvalue weighted by Gasteiger charge is 2.31. The number of benzene rings is 1. The van der Waals surface area contributed by atoms with E-state index >= 15 is 0 Å². The number of anilines is 1. The second kappa shape index (κ2) is 9.63. The van der Waals surface area contributed by atoms with Crippen molar-refractivity contribution in [3.8, 4) is 5.69 Å². The summed E-state index contributed by atoms with van der Waals surface area (Å²) in [4.78, 5) is 26.2. The Morgan fingerprint density at radius 2 is 2.18 bits per heavy atom. The summed E-state index contributed by atoms with van der Waals surface area (Å²) in [5.74, 6) is 0.590. The van der Waals surface area contributed by atoms with Crippen LogP contribution < -0.4 is 10.6 Å². The van der Waals surface area contributed by atoms with Gasteiger partial charge < -0.3 is 15.4 Å². The third-order valence-electron chi connectivity index (χ3n) is 6.15. The van der Waals surface area contributed by atoms with Gasteiger partial charge in [0.15, 0.2) is 5.65 Å². The van der Waals surface area contributed by atoms with Gasteiger partial charge in [-0.3, -0.25) is 9.78 Å². The van der Waals surface area contributed by atoms with Crippen LogP contribution in [0.1, 0.15) is 26.2 Å². The highest BCUT2D eigenvalue weighted by Crippen LogP contribution is 2.30. The maximum absolute atomic E-state index is 12.6. The van der Waals surface area contributed by atoms with Crippen LogP contribution in [0.5, 0.6) is 0 Å². The molecule has 0 aliphatic heterocycles. The minimum absolute atomic E-state index is 0.000119. The number of fused-ring (bicyclic) bond motifs is 2. The second-order valence-corrected chi connectivity index (χ2v) is 9.48. The van der Waals surface area contributed by atoms with E-state index in [2.05, 4.69) is 41.6 Å². The molecule has 2 N–H and O–H groups in total. The number of rotatable bonds is 7. The molecule has 34 heavy (non-hydrogen) atoms. The van der Waals surface area contributed by atoms with Crippen LogP contribution in [0, 0.1) is 5.92 Å². The average molecular weight is 524 g/mol. The molecule has 5 rings (SSSR count).